The third kappa shape index (κ3) is 1.55. The van der Waals surface area contributed by atoms with Gasteiger partial charge in [0.25, 0.3) is 0 Å². The van der Waals surface area contributed by atoms with Gasteiger partial charge in [0.05, 0.1) is 4.88 Å². The van der Waals surface area contributed by atoms with Gasteiger partial charge in [-0.3, -0.25) is 0 Å². The van der Waals surface area contributed by atoms with Gasteiger partial charge in [-0.1, -0.05) is 30.3 Å². The van der Waals surface area contributed by atoms with Crippen molar-refractivity contribution >= 4 is 22.1 Å². The summed E-state index contributed by atoms with van der Waals surface area (Å²) in [4.78, 5) is 1.18. The summed E-state index contributed by atoms with van der Waals surface area (Å²) in [5.74, 6) is 1.98. The lowest BCUT2D eigenvalue weighted by molar-refractivity contribution is 0.580. The zero-order chi connectivity index (χ0) is 13.7. The van der Waals surface area contributed by atoms with Crippen LogP contribution >= 0.6 is 11.3 Å². The molecule has 0 bridgehead atoms. The molecule has 1 aliphatic heterocycles. The Hall–Kier alpha value is -2.06. The maximum absolute atomic E-state index is 6.21. The molecule has 2 heteroatoms. The van der Waals surface area contributed by atoms with E-state index in [0.29, 0.717) is 0 Å². The van der Waals surface area contributed by atoms with Crippen LogP contribution in [0.5, 0.6) is 0 Å². The summed E-state index contributed by atoms with van der Waals surface area (Å²) in [6.07, 6.45) is 0. The van der Waals surface area contributed by atoms with Crippen molar-refractivity contribution in [1.82, 2.24) is 0 Å². The first kappa shape index (κ1) is 11.7. The van der Waals surface area contributed by atoms with Gasteiger partial charge in [-0.15, -0.1) is 11.3 Å². The van der Waals surface area contributed by atoms with E-state index in [-0.39, 0.29) is 0 Å². The Morgan fingerprint density at radius 3 is 2.50 bits per heavy atom. The summed E-state index contributed by atoms with van der Waals surface area (Å²) in [5, 5.41) is 4.66. The minimum atomic E-state index is 0.961. The average molecular weight is 278 g/mol. The van der Waals surface area contributed by atoms with E-state index in [1.54, 1.807) is 11.3 Å². The first-order valence-corrected chi connectivity index (χ1v) is 7.59. The molecule has 0 saturated heterocycles. The summed E-state index contributed by atoms with van der Waals surface area (Å²) in [6, 6.07) is 14.8. The van der Waals surface area contributed by atoms with Crippen LogP contribution in [0.2, 0.25) is 0 Å². The highest BCUT2D eigenvalue weighted by Gasteiger charge is 2.20. The summed E-state index contributed by atoms with van der Waals surface area (Å²) >= 11 is 1.71. The van der Waals surface area contributed by atoms with Crippen molar-refractivity contribution in [2.75, 3.05) is 0 Å². The predicted molar refractivity (Wildman–Crippen MR) is 85.6 cm³/mol. The van der Waals surface area contributed by atoms with E-state index in [9.17, 15) is 0 Å². The monoisotopic (exact) mass is 278 g/mol. The number of benzene rings is 1. The van der Waals surface area contributed by atoms with Crippen LogP contribution in [0.1, 0.15) is 11.1 Å². The predicted octanol–water partition coefficient (Wildman–Crippen LogP) is 5.88. The highest BCUT2D eigenvalue weighted by atomic mass is 32.1. The molecule has 0 amide bonds. The molecule has 0 unspecified atom stereocenters. The molecule has 2 heterocycles. The summed E-state index contributed by atoms with van der Waals surface area (Å²) in [7, 11) is 0. The van der Waals surface area contributed by atoms with Gasteiger partial charge in [0, 0.05) is 11.1 Å². The molecule has 20 heavy (non-hydrogen) atoms. The van der Waals surface area contributed by atoms with Gasteiger partial charge in [-0.05, 0) is 47.7 Å². The van der Waals surface area contributed by atoms with Gasteiger partial charge in [-0.2, -0.15) is 0 Å². The van der Waals surface area contributed by atoms with Gasteiger partial charge in [0.2, 0.25) is 0 Å². The van der Waals surface area contributed by atoms with Crippen molar-refractivity contribution in [2.24, 2.45) is 0 Å². The third-order valence-corrected chi connectivity index (χ3v) is 4.77. The minimum Gasteiger partial charge on any atom is -0.455 e. The molecule has 2 aromatic rings. The van der Waals surface area contributed by atoms with Crippen LogP contribution in [0.15, 0.2) is 52.3 Å². The van der Waals surface area contributed by atoms with E-state index < -0.39 is 0 Å². The van der Waals surface area contributed by atoms with Crippen LogP contribution in [-0.4, -0.2) is 0 Å². The highest BCUT2D eigenvalue weighted by Crippen LogP contribution is 2.43. The molecule has 4 rings (SSSR count). The molecule has 1 aromatic carbocycles. The van der Waals surface area contributed by atoms with Crippen LogP contribution in [0.3, 0.4) is 0 Å². The third-order valence-electron chi connectivity index (χ3n) is 3.89. The molecule has 0 atom stereocenters. The fourth-order valence-corrected chi connectivity index (χ4v) is 3.61. The van der Waals surface area contributed by atoms with Crippen LogP contribution < -0.4 is 0 Å². The molecule has 1 aromatic heterocycles. The molecular weight excluding hydrogens is 264 g/mol. The largest absolute Gasteiger partial charge is 0.455 e. The van der Waals surface area contributed by atoms with Gasteiger partial charge >= 0.3 is 0 Å². The molecule has 0 spiro atoms. The van der Waals surface area contributed by atoms with E-state index in [0.717, 1.165) is 11.5 Å². The Morgan fingerprint density at radius 1 is 0.950 bits per heavy atom. The fourth-order valence-electron chi connectivity index (χ4n) is 2.93. The molecule has 1 nitrogen and oxygen atoms in total. The van der Waals surface area contributed by atoms with E-state index in [1.165, 1.54) is 32.3 Å². The number of thiophene rings is 1. The number of rotatable bonds is 1. The number of hydrogen-bond donors (Lipinski definition) is 0. The first-order chi connectivity index (χ1) is 9.75. The standard InChI is InChI=1S/C18H14OS/c1-11-10-15(16-8-5-9-20-16)19-18-12(2)13-6-3-4-7-14(13)17(11)18/h3-10H,1-2H3. The number of aryl methyl sites for hydroxylation is 2. The van der Waals surface area contributed by atoms with E-state index in [4.69, 9.17) is 4.42 Å². The maximum Gasteiger partial charge on any atom is 0.144 e. The number of hydrogen-bond acceptors (Lipinski definition) is 2. The Bertz CT molecular complexity index is 868. The highest BCUT2D eigenvalue weighted by molar-refractivity contribution is 7.13. The van der Waals surface area contributed by atoms with Crippen molar-refractivity contribution in [1.29, 1.82) is 0 Å². The van der Waals surface area contributed by atoms with E-state index >= 15 is 0 Å². The zero-order valence-corrected chi connectivity index (χ0v) is 12.3. The van der Waals surface area contributed by atoms with Gasteiger partial charge in [0.1, 0.15) is 11.5 Å². The molecular formula is C18H14OS. The van der Waals surface area contributed by atoms with Crippen LogP contribution in [0.25, 0.3) is 32.7 Å². The average Bonchev–Trinajstić information content (AvgIpc) is 3.08. The molecule has 0 saturated carbocycles. The van der Waals surface area contributed by atoms with E-state index in [2.05, 4.69) is 61.7 Å². The lowest BCUT2D eigenvalue weighted by Gasteiger charge is -2.08. The van der Waals surface area contributed by atoms with Crippen molar-refractivity contribution in [3.05, 3.63) is 59.0 Å². The van der Waals surface area contributed by atoms with Crippen molar-refractivity contribution in [3.8, 4) is 22.0 Å². The molecule has 0 fully saturated rings. The Morgan fingerprint density at radius 2 is 1.75 bits per heavy atom. The molecule has 0 N–H and O–H groups in total. The Labute approximate surface area is 121 Å². The Balaban J connectivity index is 2.12. The van der Waals surface area contributed by atoms with E-state index in [1.807, 2.05) is 0 Å². The van der Waals surface area contributed by atoms with Crippen LogP contribution in [0.4, 0.5) is 0 Å². The quantitative estimate of drug-likeness (QED) is 0.423. The van der Waals surface area contributed by atoms with Gasteiger partial charge in [0.15, 0.2) is 0 Å². The Kier molecular flexibility index (Phi) is 2.48. The molecule has 1 aliphatic carbocycles. The fraction of sp³-hybridized carbons (Fsp3) is 0.111. The topological polar surface area (TPSA) is 13.1 Å². The van der Waals surface area contributed by atoms with Crippen LogP contribution in [0, 0.1) is 13.8 Å². The molecule has 0 radical (unpaired) electrons. The second-order valence-corrected chi connectivity index (χ2v) is 6.09. The molecule has 2 aliphatic rings. The summed E-state index contributed by atoms with van der Waals surface area (Å²) in [6.45, 7) is 4.31. The van der Waals surface area contributed by atoms with Gasteiger partial charge in [-0.25, -0.2) is 0 Å². The maximum atomic E-state index is 6.21. The van der Waals surface area contributed by atoms with Crippen molar-refractivity contribution < 1.29 is 4.42 Å². The summed E-state index contributed by atoms with van der Waals surface area (Å²) < 4.78 is 6.21. The van der Waals surface area contributed by atoms with Crippen molar-refractivity contribution in [3.63, 3.8) is 0 Å². The molecule has 98 valence electrons. The second kappa shape index (κ2) is 4.22. The summed E-state index contributed by atoms with van der Waals surface area (Å²) in [5.41, 5.74) is 3.76. The van der Waals surface area contributed by atoms with Gasteiger partial charge < -0.3 is 4.42 Å². The lowest BCUT2D eigenvalue weighted by atomic mass is 10.1. The first-order valence-electron chi connectivity index (χ1n) is 6.71. The van der Waals surface area contributed by atoms with Crippen LogP contribution in [-0.2, 0) is 0 Å². The zero-order valence-electron chi connectivity index (χ0n) is 11.4. The number of fused-ring (bicyclic) bond motifs is 3. The normalized spacial score (nSPS) is 11.5. The second-order valence-electron chi connectivity index (χ2n) is 5.15. The minimum absolute atomic E-state index is 0.961. The lowest BCUT2D eigenvalue weighted by Crippen LogP contribution is -1.85. The van der Waals surface area contributed by atoms with Crippen molar-refractivity contribution in [2.45, 2.75) is 13.8 Å². The SMILES string of the molecule is Cc1cc(-c2cccs2)oc2c(C)c3ccccc3c1-2. The smallest absolute Gasteiger partial charge is 0.144 e.